The number of aryl methyl sites for hydroxylation is 1. The molecule has 0 saturated carbocycles. The molecule has 1 heterocycles. The molecule has 1 aromatic heterocycles. The highest BCUT2D eigenvalue weighted by Gasteiger charge is 2.05. The second-order valence-electron chi connectivity index (χ2n) is 4.09. The summed E-state index contributed by atoms with van der Waals surface area (Å²) in [6, 6.07) is 7.77. The zero-order valence-corrected chi connectivity index (χ0v) is 10.9. The fourth-order valence-electron chi connectivity index (χ4n) is 1.73. The molecule has 0 spiro atoms. The second kappa shape index (κ2) is 5.85. The smallest absolute Gasteiger partial charge is 0.147 e. The third-order valence-corrected chi connectivity index (χ3v) is 2.74. The third kappa shape index (κ3) is 3.22. The van der Waals surface area contributed by atoms with Gasteiger partial charge in [0.25, 0.3) is 0 Å². The Balaban J connectivity index is 2.28. The topological polar surface area (TPSA) is 48.1 Å². The SMILES string of the molecule is Cc1ccc(Oc2cncc(Cl)c2)c(CCN)c1. The normalized spacial score (nSPS) is 10.4. The van der Waals surface area contributed by atoms with Crippen molar-refractivity contribution in [2.75, 3.05) is 6.54 Å². The number of pyridine rings is 1. The summed E-state index contributed by atoms with van der Waals surface area (Å²) in [5.74, 6) is 1.43. The lowest BCUT2D eigenvalue weighted by Gasteiger charge is -2.11. The molecule has 1 aromatic carbocycles. The Hall–Kier alpha value is -1.58. The van der Waals surface area contributed by atoms with E-state index in [0.29, 0.717) is 17.3 Å². The first-order valence-corrected chi connectivity index (χ1v) is 6.15. The second-order valence-corrected chi connectivity index (χ2v) is 4.53. The van der Waals surface area contributed by atoms with Crippen LogP contribution < -0.4 is 10.5 Å². The van der Waals surface area contributed by atoms with Crippen LogP contribution in [-0.2, 0) is 6.42 Å². The molecule has 0 aliphatic carbocycles. The molecule has 4 heteroatoms. The Morgan fingerprint density at radius 3 is 2.83 bits per heavy atom. The fourth-order valence-corrected chi connectivity index (χ4v) is 1.90. The average molecular weight is 263 g/mol. The van der Waals surface area contributed by atoms with Crippen molar-refractivity contribution in [2.45, 2.75) is 13.3 Å². The molecule has 2 aromatic rings. The number of hydrogen-bond acceptors (Lipinski definition) is 3. The van der Waals surface area contributed by atoms with E-state index in [2.05, 4.69) is 11.1 Å². The lowest BCUT2D eigenvalue weighted by atomic mass is 10.1. The van der Waals surface area contributed by atoms with Crippen molar-refractivity contribution in [3.05, 3.63) is 52.8 Å². The minimum absolute atomic E-state index is 0.556. The van der Waals surface area contributed by atoms with E-state index in [0.717, 1.165) is 17.7 Å². The van der Waals surface area contributed by atoms with Gasteiger partial charge in [0, 0.05) is 12.3 Å². The van der Waals surface area contributed by atoms with Gasteiger partial charge in [-0.05, 0) is 31.5 Å². The number of hydrogen-bond donors (Lipinski definition) is 1. The highest BCUT2D eigenvalue weighted by molar-refractivity contribution is 6.30. The van der Waals surface area contributed by atoms with Crippen molar-refractivity contribution < 1.29 is 4.74 Å². The van der Waals surface area contributed by atoms with Crippen LogP contribution in [0.15, 0.2) is 36.7 Å². The van der Waals surface area contributed by atoms with Crippen LogP contribution in [0.1, 0.15) is 11.1 Å². The van der Waals surface area contributed by atoms with E-state index < -0.39 is 0 Å². The molecule has 0 bridgehead atoms. The predicted molar refractivity (Wildman–Crippen MR) is 73.3 cm³/mol. The Bertz CT molecular complexity index is 543. The number of aromatic nitrogens is 1. The average Bonchev–Trinajstić information content (AvgIpc) is 2.33. The Kier molecular flexibility index (Phi) is 4.18. The lowest BCUT2D eigenvalue weighted by Crippen LogP contribution is -2.04. The summed E-state index contributed by atoms with van der Waals surface area (Å²) in [5, 5.41) is 0.556. The number of rotatable bonds is 4. The minimum atomic E-state index is 0.556. The Morgan fingerprint density at radius 1 is 1.28 bits per heavy atom. The van der Waals surface area contributed by atoms with Crippen molar-refractivity contribution >= 4 is 11.6 Å². The highest BCUT2D eigenvalue weighted by atomic mass is 35.5. The van der Waals surface area contributed by atoms with E-state index in [4.69, 9.17) is 22.1 Å². The van der Waals surface area contributed by atoms with Gasteiger partial charge in [0.05, 0.1) is 11.2 Å². The van der Waals surface area contributed by atoms with Crippen LogP contribution >= 0.6 is 11.6 Å². The van der Waals surface area contributed by atoms with Gasteiger partial charge in [-0.2, -0.15) is 0 Å². The van der Waals surface area contributed by atoms with E-state index >= 15 is 0 Å². The zero-order valence-electron chi connectivity index (χ0n) is 10.2. The van der Waals surface area contributed by atoms with Crippen LogP contribution in [-0.4, -0.2) is 11.5 Å². The molecule has 0 atom stereocenters. The van der Waals surface area contributed by atoms with Gasteiger partial charge in [0.1, 0.15) is 11.5 Å². The monoisotopic (exact) mass is 262 g/mol. The number of nitrogens with two attached hydrogens (primary N) is 1. The van der Waals surface area contributed by atoms with Gasteiger partial charge in [0.2, 0.25) is 0 Å². The lowest BCUT2D eigenvalue weighted by molar-refractivity contribution is 0.474. The summed E-state index contributed by atoms with van der Waals surface area (Å²) < 4.78 is 5.80. The van der Waals surface area contributed by atoms with Crippen molar-refractivity contribution in [2.24, 2.45) is 5.73 Å². The standard InChI is InChI=1S/C14H15ClN2O/c1-10-2-3-14(11(6-10)4-5-16)18-13-7-12(15)8-17-9-13/h2-3,6-9H,4-5,16H2,1H3. The first-order valence-electron chi connectivity index (χ1n) is 5.77. The Morgan fingerprint density at radius 2 is 2.11 bits per heavy atom. The van der Waals surface area contributed by atoms with E-state index in [1.54, 1.807) is 18.5 Å². The molecule has 0 unspecified atom stereocenters. The van der Waals surface area contributed by atoms with Gasteiger partial charge < -0.3 is 10.5 Å². The summed E-state index contributed by atoms with van der Waals surface area (Å²) >= 11 is 5.87. The van der Waals surface area contributed by atoms with Gasteiger partial charge in [-0.15, -0.1) is 0 Å². The molecule has 94 valence electrons. The summed E-state index contributed by atoms with van der Waals surface area (Å²) in [5.41, 5.74) is 7.89. The molecule has 2 N–H and O–H groups in total. The van der Waals surface area contributed by atoms with Crippen molar-refractivity contribution in [1.29, 1.82) is 0 Å². The number of benzene rings is 1. The summed E-state index contributed by atoms with van der Waals surface area (Å²) in [6.45, 7) is 2.64. The molecular weight excluding hydrogens is 248 g/mol. The number of ether oxygens (including phenoxy) is 1. The third-order valence-electron chi connectivity index (χ3n) is 2.54. The van der Waals surface area contributed by atoms with Gasteiger partial charge in [-0.25, -0.2) is 0 Å². The van der Waals surface area contributed by atoms with E-state index in [1.165, 1.54) is 5.56 Å². The maximum Gasteiger partial charge on any atom is 0.147 e. The van der Waals surface area contributed by atoms with E-state index in [1.807, 2.05) is 19.1 Å². The van der Waals surface area contributed by atoms with Crippen LogP contribution in [0, 0.1) is 6.92 Å². The molecule has 18 heavy (non-hydrogen) atoms. The first kappa shape index (κ1) is 12.9. The highest BCUT2D eigenvalue weighted by Crippen LogP contribution is 2.27. The maximum absolute atomic E-state index is 5.87. The predicted octanol–water partition coefficient (Wildman–Crippen LogP) is 3.34. The Labute approximate surface area is 112 Å². The van der Waals surface area contributed by atoms with Gasteiger partial charge in [0.15, 0.2) is 0 Å². The van der Waals surface area contributed by atoms with Crippen molar-refractivity contribution in [3.63, 3.8) is 0 Å². The molecule has 3 nitrogen and oxygen atoms in total. The van der Waals surface area contributed by atoms with Crippen molar-refractivity contribution in [1.82, 2.24) is 4.98 Å². The number of nitrogens with zero attached hydrogens (tertiary/aromatic N) is 1. The quantitative estimate of drug-likeness (QED) is 0.919. The molecule has 0 aliphatic rings. The first-order chi connectivity index (χ1) is 8.69. The molecular formula is C14H15ClN2O. The largest absolute Gasteiger partial charge is 0.455 e. The summed E-state index contributed by atoms with van der Waals surface area (Å²) in [7, 11) is 0. The van der Waals surface area contributed by atoms with Crippen LogP contribution in [0.4, 0.5) is 0 Å². The van der Waals surface area contributed by atoms with Crippen LogP contribution in [0.2, 0.25) is 5.02 Å². The zero-order chi connectivity index (χ0) is 13.0. The minimum Gasteiger partial charge on any atom is -0.455 e. The maximum atomic E-state index is 5.87. The molecule has 0 amide bonds. The molecule has 0 saturated heterocycles. The van der Waals surface area contributed by atoms with Crippen LogP contribution in [0.3, 0.4) is 0 Å². The summed E-state index contributed by atoms with van der Waals surface area (Å²) in [4.78, 5) is 3.99. The molecule has 0 aliphatic heterocycles. The number of halogens is 1. The van der Waals surface area contributed by atoms with Gasteiger partial charge >= 0.3 is 0 Å². The molecule has 0 fully saturated rings. The van der Waals surface area contributed by atoms with Crippen molar-refractivity contribution in [3.8, 4) is 11.5 Å². The van der Waals surface area contributed by atoms with Gasteiger partial charge in [-0.1, -0.05) is 29.3 Å². The van der Waals surface area contributed by atoms with Gasteiger partial charge in [-0.3, -0.25) is 4.98 Å². The van der Waals surface area contributed by atoms with E-state index in [9.17, 15) is 0 Å². The fraction of sp³-hybridized carbons (Fsp3) is 0.214. The van der Waals surface area contributed by atoms with Crippen LogP contribution in [0.25, 0.3) is 0 Å². The molecule has 2 rings (SSSR count). The van der Waals surface area contributed by atoms with Crippen LogP contribution in [0.5, 0.6) is 11.5 Å². The molecule has 0 radical (unpaired) electrons. The van der Waals surface area contributed by atoms with E-state index in [-0.39, 0.29) is 0 Å². The summed E-state index contributed by atoms with van der Waals surface area (Å²) in [6.07, 6.45) is 3.99.